The van der Waals surface area contributed by atoms with Crippen molar-refractivity contribution >= 4 is 17.0 Å². The average Bonchev–Trinajstić information content (AvgIpc) is 2.83. The minimum atomic E-state index is -1.02. The molecule has 0 amide bonds. The number of nitrogens with one attached hydrogen (secondary N) is 1. The Morgan fingerprint density at radius 1 is 1.22 bits per heavy atom. The molecule has 0 aliphatic heterocycles. The Bertz CT molecular complexity index is 721. The first-order valence-corrected chi connectivity index (χ1v) is 5.24. The van der Waals surface area contributed by atoms with Crippen molar-refractivity contribution in [1.82, 2.24) is 19.9 Å². The molecule has 0 bridgehead atoms. The molecule has 3 rings (SSSR count). The van der Waals surface area contributed by atoms with Crippen LogP contribution < -0.4 is 0 Å². The Balaban J connectivity index is 2.36. The Hall–Kier alpha value is -2.76. The fourth-order valence-corrected chi connectivity index (χ4v) is 1.83. The van der Waals surface area contributed by atoms with Crippen molar-refractivity contribution in [3.05, 3.63) is 42.5 Å². The summed E-state index contributed by atoms with van der Waals surface area (Å²) < 4.78 is 0. The quantitative estimate of drug-likeness (QED) is 0.711. The van der Waals surface area contributed by atoms with Crippen molar-refractivity contribution in [1.29, 1.82) is 0 Å². The Morgan fingerprint density at radius 3 is 2.83 bits per heavy atom. The van der Waals surface area contributed by atoms with Crippen LogP contribution in [0.2, 0.25) is 0 Å². The van der Waals surface area contributed by atoms with Gasteiger partial charge in [0, 0.05) is 12.4 Å². The predicted octanol–water partition coefficient (Wildman–Crippen LogP) is 1.72. The zero-order valence-corrected chi connectivity index (χ0v) is 9.16. The maximum absolute atomic E-state index is 11.2. The predicted molar refractivity (Wildman–Crippen MR) is 64.1 cm³/mol. The number of rotatable bonds is 2. The van der Waals surface area contributed by atoms with Gasteiger partial charge in [0.2, 0.25) is 0 Å². The van der Waals surface area contributed by atoms with Crippen LogP contribution >= 0.6 is 0 Å². The van der Waals surface area contributed by atoms with E-state index >= 15 is 0 Å². The minimum Gasteiger partial charge on any atom is -0.478 e. The largest absolute Gasteiger partial charge is 0.478 e. The van der Waals surface area contributed by atoms with Crippen molar-refractivity contribution in [2.24, 2.45) is 0 Å². The summed E-state index contributed by atoms with van der Waals surface area (Å²) in [6, 6.07) is 5.39. The van der Waals surface area contributed by atoms with E-state index in [0.717, 1.165) is 0 Å². The fourth-order valence-electron chi connectivity index (χ4n) is 1.83. The maximum Gasteiger partial charge on any atom is 0.338 e. The van der Waals surface area contributed by atoms with E-state index in [-0.39, 0.29) is 5.56 Å². The van der Waals surface area contributed by atoms with Gasteiger partial charge in [0.15, 0.2) is 0 Å². The van der Waals surface area contributed by atoms with Crippen LogP contribution in [0.4, 0.5) is 0 Å². The van der Waals surface area contributed by atoms with Crippen LogP contribution in [-0.2, 0) is 0 Å². The molecule has 0 radical (unpaired) electrons. The van der Waals surface area contributed by atoms with E-state index in [4.69, 9.17) is 5.11 Å². The Kier molecular flexibility index (Phi) is 2.26. The third-order valence-corrected chi connectivity index (χ3v) is 2.61. The van der Waals surface area contributed by atoms with E-state index in [0.29, 0.717) is 22.4 Å². The van der Waals surface area contributed by atoms with Gasteiger partial charge in [-0.1, -0.05) is 6.07 Å². The molecule has 6 nitrogen and oxygen atoms in total. The number of fused-ring (bicyclic) bond motifs is 1. The number of nitrogens with zero attached hydrogens (tertiary/aromatic N) is 3. The molecule has 0 fully saturated rings. The molecule has 0 aliphatic rings. The lowest BCUT2D eigenvalue weighted by Gasteiger charge is -2.01. The van der Waals surface area contributed by atoms with Crippen LogP contribution in [0.1, 0.15) is 10.4 Å². The maximum atomic E-state index is 11.2. The highest BCUT2D eigenvalue weighted by Crippen LogP contribution is 2.26. The van der Waals surface area contributed by atoms with Gasteiger partial charge in [-0.2, -0.15) is 0 Å². The number of carbonyl (C=O) groups is 1. The van der Waals surface area contributed by atoms with E-state index in [1.54, 1.807) is 18.3 Å². The highest BCUT2D eigenvalue weighted by atomic mass is 16.4. The summed E-state index contributed by atoms with van der Waals surface area (Å²) in [4.78, 5) is 26.3. The molecule has 0 saturated heterocycles. The first-order valence-electron chi connectivity index (χ1n) is 5.24. The fraction of sp³-hybridized carbons (Fsp3) is 0. The number of hydrogen-bond acceptors (Lipinski definition) is 4. The minimum absolute atomic E-state index is 0.145. The molecule has 0 unspecified atom stereocenters. The van der Waals surface area contributed by atoms with E-state index in [2.05, 4.69) is 19.9 Å². The molecule has 3 aromatic rings. The van der Waals surface area contributed by atoms with Gasteiger partial charge < -0.3 is 10.1 Å². The Labute approximate surface area is 101 Å². The van der Waals surface area contributed by atoms with Gasteiger partial charge in [-0.15, -0.1) is 0 Å². The van der Waals surface area contributed by atoms with E-state index in [1.165, 1.54) is 12.5 Å². The van der Waals surface area contributed by atoms with E-state index < -0.39 is 5.97 Å². The molecule has 0 atom stereocenters. The third-order valence-electron chi connectivity index (χ3n) is 2.61. The molecule has 0 saturated carbocycles. The van der Waals surface area contributed by atoms with Crippen molar-refractivity contribution in [3.8, 4) is 11.4 Å². The van der Waals surface area contributed by atoms with Crippen LogP contribution in [0.5, 0.6) is 0 Å². The van der Waals surface area contributed by atoms with Gasteiger partial charge in [0.05, 0.1) is 16.6 Å². The summed E-state index contributed by atoms with van der Waals surface area (Å²) in [6.07, 6.45) is 4.43. The second kappa shape index (κ2) is 3.92. The Morgan fingerprint density at radius 2 is 2.11 bits per heavy atom. The topological polar surface area (TPSA) is 91.8 Å². The monoisotopic (exact) mass is 240 g/mol. The van der Waals surface area contributed by atoms with Gasteiger partial charge in [0.1, 0.15) is 17.7 Å². The standard InChI is InChI=1S/C12H8N4O2/c17-12(18)7-5-14-11-9(7)10(15-6-16-11)8-3-1-2-4-13-8/h1-6H,(H,17,18)(H,14,15,16). The number of aromatic nitrogens is 4. The first kappa shape index (κ1) is 10.4. The molecule has 0 aliphatic carbocycles. The zero-order chi connectivity index (χ0) is 12.5. The van der Waals surface area contributed by atoms with Crippen LogP contribution in [0.25, 0.3) is 22.4 Å². The molecular weight excluding hydrogens is 232 g/mol. The van der Waals surface area contributed by atoms with Gasteiger partial charge in [0.25, 0.3) is 0 Å². The first-order chi connectivity index (χ1) is 8.77. The van der Waals surface area contributed by atoms with E-state index in [9.17, 15) is 4.79 Å². The molecule has 0 aromatic carbocycles. The summed E-state index contributed by atoms with van der Waals surface area (Å²) in [6.45, 7) is 0. The van der Waals surface area contributed by atoms with Crippen LogP contribution in [0, 0.1) is 0 Å². The van der Waals surface area contributed by atoms with Gasteiger partial charge in [-0.25, -0.2) is 14.8 Å². The van der Waals surface area contributed by atoms with Crippen molar-refractivity contribution < 1.29 is 9.90 Å². The lowest BCUT2D eigenvalue weighted by molar-refractivity contribution is 0.0699. The molecule has 2 N–H and O–H groups in total. The second-order valence-corrected chi connectivity index (χ2v) is 3.67. The summed E-state index contributed by atoms with van der Waals surface area (Å²) in [5.74, 6) is -1.02. The lowest BCUT2D eigenvalue weighted by atomic mass is 10.1. The smallest absolute Gasteiger partial charge is 0.338 e. The highest BCUT2D eigenvalue weighted by molar-refractivity contribution is 6.07. The summed E-state index contributed by atoms with van der Waals surface area (Å²) in [5.41, 5.74) is 1.76. The number of hydrogen-bond donors (Lipinski definition) is 2. The zero-order valence-electron chi connectivity index (χ0n) is 9.16. The average molecular weight is 240 g/mol. The number of aromatic carboxylic acids is 1. The number of H-pyrrole nitrogens is 1. The summed E-state index contributed by atoms with van der Waals surface area (Å²) in [7, 11) is 0. The molecule has 3 heterocycles. The number of carboxylic acids is 1. The summed E-state index contributed by atoms with van der Waals surface area (Å²) >= 11 is 0. The number of pyridine rings is 1. The van der Waals surface area contributed by atoms with Gasteiger partial charge in [-0.3, -0.25) is 4.98 Å². The lowest BCUT2D eigenvalue weighted by Crippen LogP contribution is -1.97. The molecule has 18 heavy (non-hydrogen) atoms. The third kappa shape index (κ3) is 1.51. The normalized spacial score (nSPS) is 10.7. The number of aromatic amines is 1. The molecular formula is C12H8N4O2. The summed E-state index contributed by atoms with van der Waals surface area (Å²) in [5, 5.41) is 9.62. The molecule has 88 valence electrons. The number of carboxylic acid groups (broad SMARTS) is 1. The van der Waals surface area contributed by atoms with Crippen LogP contribution in [0.3, 0.4) is 0 Å². The SMILES string of the molecule is O=C(O)c1c[nH]c2ncnc(-c3ccccn3)c12. The van der Waals surface area contributed by atoms with Crippen LogP contribution in [-0.4, -0.2) is 31.0 Å². The van der Waals surface area contributed by atoms with Crippen molar-refractivity contribution in [2.75, 3.05) is 0 Å². The second-order valence-electron chi connectivity index (χ2n) is 3.67. The van der Waals surface area contributed by atoms with Crippen molar-refractivity contribution in [3.63, 3.8) is 0 Å². The van der Waals surface area contributed by atoms with Crippen LogP contribution in [0.15, 0.2) is 36.9 Å². The molecule has 0 spiro atoms. The highest BCUT2D eigenvalue weighted by Gasteiger charge is 2.17. The van der Waals surface area contributed by atoms with Gasteiger partial charge >= 0.3 is 5.97 Å². The van der Waals surface area contributed by atoms with Crippen molar-refractivity contribution in [2.45, 2.75) is 0 Å². The molecule has 6 heteroatoms. The molecule has 3 aromatic heterocycles. The van der Waals surface area contributed by atoms with Gasteiger partial charge in [-0.05, 0) is 12.1 Å². The van der Waals surface area contributed by atoms with E-state index in [1.807, 2.05) is 6.07 Å².